The minimum atomic E-state index is 0.0321. The number of H-pyrrole nitrogens is 1. The summed E-state index contributed by atoms with van der Waals surface area (Å²) in [6, 6.07) is 11.1. The first-order valence-electron chi connectivity index (χ1n) is 13.4. The summed E-state index contributed by atoms with van der Waals surface area (Å²) >= 11 is 5.94. The number of nitrogens with one attached hydrogen (secondary N) is 2. The van der Waals surface area contributed by atoms with Crippen molar-refractivity contribution in [2.45, 2.75) is 50.9 Å². The number of rotatable bonds is 5. The van der Waals surface area contributed by atoms with E-state index in [0.29, 0.717) is 16.7 Å². The van der Waals surface area contributed by atoms with Gasteiger partial charge in [0.15, 0.2) is 22.3 Å². The van der Waals surface area contributed by atoms with Crippen molar-refractivity contribution in [3.8, 4) is 0 Å². The lowest BCUT2D eigenvalue weighted by Crippen LogP contribution is -2.42. The van der Waals surface area contributed by atoms with Crippen LogP contribution in [0.5, 0.6) is 0 Å². The minimum Gasteiger partial charge on any atom is -0.358 e. The van der Waals surface area contributed by atoms with Crippen LogP contribution in [-0.4, -0.2) is 65.2 Å². The molecule has 7 rings (SSSR count). The number of imidazole rings is 2. The largest absolute Gasteiger partial charge is 0.358 e. The Kier molecular flexibility index (Phi) is 7.89. The number of hydrogen-bond donors (Lipinski definition) is 2. The smallest absolute Gasteiger partial charge is 0.182 e. The van der Waals surface area contributed by atoms with Gasteiger partial charge in [-0.05, 0) is 37.7 Å². The molecule has 0 spiro atoms. The van der Waals surface area contributed by atoms with E-state index < -0.39 is 0 Å². The number of aromatic amines is 1. The van der Waals surface area contributed by atoms with Gasteiger partial charge in [0.25, 0.3) is 0 Å². The molecular weight excluding hydrogens is 516 g/mol. The molecule has 0 bridgehead atoms. The van der Waals surface area contributed by atoms with Crippen LogP contribution in [0.3, 0.4) is 0 Å². The molecule has 2 aliphatic heterocycles. The number of piperidine rings is 1. The summed E-state index contributed by atoms with van der Waals surface area (Å²) in [5.41, 5.74) is 4.39. The first-order chi connectivity index (χ1) is 19.3. The van der Waals surface area contributed by atoms with E-state index in [1.165, 1.54) is 18.3 Å². The number of benzene rings is 1. The summed E-state index contributed by atoms with van der Waals surface area (Å²) < 4.78 is 7.62. The predicted octanol–water partition coefficient (Wildman–Crippen LogP) is 4.29. The topological polar surface area (TPSA) is 123 Å². The van der Waals surface area contributed by atoms with E-state index in [1.807, 2.05) is 4.57 Å². The molecule has 1 atom stereocenters. The second-order valence-corrected chi connectivity index (χ2v) is 10.1. The Labute approximate surface area is 231 Å². The third kappa shape index (κ3) is 5.85. The molecular formula is C27H31ClN10O. The monoisotopic (exact) mass is 546 g/mol. The van der Waals surface area contributed by atoms with Gasteiger partial charge in [0.05, 0.1) is 12.7 Å². The van der Waals surface area contributed by atoms with Crippen molar-refractivity contribution in [3.05, 3.63) is 66.4 Å². The first-order valence-corrected chi connectivity index (χ1v) is 13.7. The molecule has 1 aromatic carbocycles. The van der Waals surface area contributed by atoms with Gasteiger partial charge in [-0.1, -0.05) is 41.9 Å². The number of hydrogen-bond acceptors (Lipinski definition) is 9. The second-order valence-electron chi connectivity index (χ2n) is 9.74. The lowest BCUT2D eigenvalue weighted by atomic mass is 10.0. The summed E-state index contributed by atoms with van der Waals surface area (Å²) in [6.45, 7) is 3.72. The van der Waals surface area contributed by atoms with Crippen LogP contribution in [0.15, 0.2) is 55.6 Å². The minimum absolute atomic E-state index is 0.0321. The highest BCUT2D eigenvalue weighted by atomic mass is 35.5. The zero-order valence-electron chi connectivity index (χ0n) is 21.6. The van der Waals surface area contributed by atoms with Gasteiger partial charge in [0, 0.05) is 32.3 Å². The highest BCUT2D eigenvalue weighted by Crippen LogP contribution is 2.27. The maximum atomic E-state index is 5.94. The maximum absolute atomic E-state index is 5.94. The number of nitrogens with zero attached hydrogens (tertiary/aromatic N) is 8. The molecule has 2 fully saturated rings. The Morgan fingerprint density at radius 1 is 0.949 bits per heavy atom. The third-order valence-electron chi connectivity index (χ3n) is 7.22. The second kappa shape index (κ2) is 12.0. The van der Waals surface area contributed by atoms with Gasteiger partial charge in [0.2, 0.25) is 0 Å². The average Bonchev–Trinajstić information content (AvgIpc) is 3.66. The van der Waals surface area contributed by atoms with Crippen molar-refractivity contribution in [1.29, 1.82) is 0 Å². The van der Waals surface area contributed by atoms with E-state index >= 15 is 0 Å². The molecule has 11 nitrogen and oxygen atoms in total. The third-order valence-corrected chi connectivity index (χ3v) is 7.49. The summed E-state index contributed by atoms with van der Waals surface area (Å²) in [5.74, 6) is 0.967. The van der Waals surface area contributed by atoms with Gasteiger partial charge < -0.3 is 19.9 Å². The van der Waals surface area contributed by atoms with Crippen LogP contribution in [0.25, 0.3) is 22.3 Å². The average molecular weight is 547 g/mol. The molecule has 2 saturated heterocycles. The molecule has 2 aliphatic rings. The van der Waals surface area contributed by atoms with Gasteiger partial charge >= 0.3 is 0 Å². The fourth-order valence-electron chi connectivity index (χ4n) is 5.12. The Morgan fingerprint density at radius 3 is 2.62 bits per heavy atom. The molecule has 4 aromatic heterocycles. The normalized spacial score (nSPS) is 18.3. The number of fused-ring (bicyclic) bond motifs is 2. The SMILES string of the molecule is Clc1ncnc2c1ncn2C1CCCCO1.c1ccc(CNC2CCN(c3ncnc4nc[nH]c34)CC2)cc1. The van der Waals surface area contributed by atoms with Crippen LogP contribution in [0.1, 0.15) is 43.9 Å². The molecule has 0 radical (unpaired) electrons. The number of anilines is 1. The van der Waals surface area contributed by atoms with Crippen molar-refractivity contribution in [1.82, 2.24) is 44.8 Å². The zero-order chi connectivity index (χ0) is 26.4. The van der Waals surface area contributed by atoms with E-state index in [-0.39, 0.29) is 6.23 Å². The van der Waals surface area contributed by atoms with Crippen LogP contribution in [0, 0.1) is 0 Å². The molecule has 5 aromatic rings. The van der Waals surface area contributed by atoms with Crippen LogP contribution in [0.2, 0.25) is 5.15 Å². The Balaban J connectivity index is 0.000000151. The van der Waals surface area contributed by atoms with Crippen molar-refractivity contribution >= 4 is 39.7 Å². The van der Waals surface area contributed by atoms with E-state index in [4.69, 9.17) is 16.3 Å². The van der Waals surface area contributed by atoms with E-state index in [0.717, 1.165) is 74.6 Å². The molecule has 6 heterocycles. The van der Waals surface area contributed by atoms with Crippen LogP contribution >= 0.6 is 11.6 Å². The summed E-state index contributed by atoms with van der Waals surface area (Å²) in [4.78, 5) is 30.6. The highest BCUT2D eigenvalue weighted by Gasteiger charge is 2.22. The van der Waals surface area contributed by atoms with Gasteiger partial charge in [0.1, 0.15) is 29.9 Å². The number of ether oxygens (including phenoxy) is 1. The van der Waals surface area contributed by atoms with Crippen LogP contribution in [0.4, 0.5) is 5.82 Å². The van der Waals surface area contributed by atoms with Crippen LogP contribution < -0.4 is 10.2 Å². The molecule has 0 amide bonds. The van der Waals surface area contributed by atoms with Gasteiger partial charge in [-0.15, -0.1) is 0 Å². The van der Waals surface area contributed by atoms with Gasteiger partial charge in [-0.2, -0.15) is 0 Å². The van der Waals surface area contributed by atoms with E-state index in [9.17, 15) is 0 Å². The fraction of sp³-hybridized carbons (Fsp3) is 0.407. The van der Waals surface area contributed by atoms with Gasteiger partial charge in [-0.3, -0.25) is 4.57 Å². The lowest BCUT2D eigenvalue weighted by Gasteiger charge is -2.33. The fourth-order valence-corrected chi connectivity index (χ4v) is 5.30. The molecule has 1 unspecified atom stereocenters. The molecule has 0 saturated carbocycles. The maximum Gasteiger partial charge on any atom is 0.182 e. The van der Waals surface area contributed by atoms with Crippen molar-refractivity contribution < 1.29 is 4.74 Å². The summed E-state index contributed by atoms with van der Waals surface area (Å²) in [5, 5.41) is 4.05. The molecule has 12 heteroatoms. The predicted molar refractivity (Wildman–Crippen MR) is 149 cm³/mol. The Bertz CT molecular complexity index is 1490. The van der Waals surface area contributed by atoms with E-state index in [2.05, 4.69) is 75.4 Å². The highest BCUT2D eigenvalue weighted by molar-refractivity contribution is 6.33. The Morgan fingerprint density at radius 2 is 1.79 bits per heavy atom. The Hall–Kier alpha value is -3.67. The number of halogens is 1. The van der Waals surface area contributed by atoms with Crippen molar-refractivity contribution in [2.75, 3.05) is 24.6 Å². The van der Waals surface area contributed by atoms with Crippen molar-refractivity contribution in [3.63, 3.8) is 0 Å². The zero-order valence-corrected chi connectivity index (χ0v) is 22.3. The number of aromatic nitrogens is 8. The quantitative estimate of drug-likeness (QED) is 0.311. The van der Waals surface area contributed by atoms with Crippen LogP contribution in [-0.2, 0) is 11.3 Å². The van der Waals surface area contributed by atoms with Crippen molar-refractivity contribution in [2.24, 2.45) is 0 Å². The molecule has 39 heavy (non-hydrogen) atoms. The van der Waals surface area contributed by atoms with E-state index in [1.54, 1.807) is 19.0 Å². The molecule has 0 aliphatic carbocycles. The standard InChI is InChI=1S/C17H20N6.C10H11ClN4O/c1-2-4-13(5-3-1)10-18-14-6-8-23(9-7-14)17-15-16(20-11-19-15)21-12-22-17;11-9-8-10(13-5-12-9)15(6-14-8)7-3-1-2-4-16-7/h1-5,11-12,14,18H,6-10H2,(H,19,20,21,22);5-7H,1-4H2. The molecule has 2 N–H and O–H groups in total. The summed E-state index contributed by atoms with van der Waals surface area (Å²) in [6.07, 6.45) is 12.0. The first kappa shape index (κ1) is 25.6. The summed E-state index contributed by atoms with van der Waals surface area (Å²) in [7, 11) is 0. The lowest BCUT2D eigenvalue weighted by molar-refractivity contribution is -0.0298. The van der Waals surface area contributed by atoms with Gasteiger partial charge in [-0.25, -0.2) is 29.9 Å². The molecule has 202 valence electrons.